The quantitative estimate of drug-likeness (QED) is 0.694. The molecule has 2 amide bonds. The predicted molar refractivity (Wildman–Crippen MR) is 114 cm³/mol. The first kappa shape index (κ1) is 22.1. The molecule has 11 heteroatoms. The average molecular weight is 465 g/mol. The van der Waals surface area contributed by atoms with Gasteiger partial charge in [-0.2, -0.15) is 0 Å². The number of hydrogen-bond acceptors (Lipinski definition) is 6. The number of ether oxygens (including phenoxy) is 1. The van der Waals surface area contributed by atoms with Gasteiger partial charge in [0.1, 0.15) is 17.5 Å². The molecule has 2 aromatic rings. The average Bonchev–Trinajstić information content (AvgIpc) is 3.19. The zero-order valence-corrected chi connectivity index (χ0v) is 18.2. The molecule has 0 spiro atoms. The summed E-state index contributed by atoms with van der Waals surface area (Å²) in [6.45, 7) is 0.147. The summed E-state index contributed by atoms with van der Waals surface area (Å²) < 4.78 is 20.8. The summed E-state index contributed by atoms with van der Waals surface area (Å²) in [5.41, 5.74) is -1.42. The summed E-state index contributed by atoms with van der Waals surface area (Å²) in [7, 11) is 3.16. The lowest BCUT2D eigenvalue weighted by molar-refractivity contribution is 0.0634. The molecule has 2 atom stereocenters. The van der Waals surface area contributed by atoms with Crippen LogP contribution in [-0.2, 0) is 11.3 Å². The van der Waals surface area contributed by atoms with Crippen molar-refractivity contribution in [1.29, 1.82) is 0 Å². The second-order valence-corrected chi connectivity index (χ2v) is 8.18. The van der Waals surface area contributed by atoms with E-state index in [9.17, 15) is 23.9 Å². The number of hydrogen-bond donors (Lipinski definition) is 2. The van der Waals surface area contributed by atoms with Crippen molar-refractivity contribution in [1.82, 2.24) is 14.9 Å². The largest absolute Gasteiger partial charge is 0.502 e. The van der Waals surface area contributed by atoms with Gasteiger partial charge in [-0.1, -0.05) is 23.7 Å². The smallest absolute Gasteiger partial charge is 0.277 e. The molecule has 1 saturated heterocycles. The summed E-state index contributed by atoms with van der Waals surface area (Å²) in [4.78, 5) is 39.8. The number of benzene rings is 1. The summed E-state index contributed by atoms with van der Waals surface area (Å²) in [5, 5.41) is 14.8. The molecule has 0 saturated carbocycles. The van der Waals surface area contributed by atoms with Crippen molar-refractivity contribution in [3.8, 4) is 5.75 Å². The van der Waals surface area contributed by atoms with Crippen molar-refractivity contribution in [2.75, 3.05) is 25.8 Å². The highest BCUT2D eigenvalue weighted by molar-refractivity contribution is 6.30. The molecule has 32 heavy (non-hydrogen) atoms. The van der Waals surface area contributed by atoms with E-state index >= 15 is 0 Å². The van der Waals surface area contributed by atoms with Gasteiger partial charge in [0, 0.05) is 32.5 Å². The molecule has 0 aliphatic carbocycles. The molecule has 1 fully saturated rings. The molecule has 3 heterocycles. The molecule has 170 valence electrons. The number of carbonyl (C=O) groups is 2. The van der Waals surface area contributed by atoms with Gasteiger partial charge < -0.3 is 20.1 Å². The molecule has 2 aliphatic rings. The minimum Gasteiger partial charge on any atom is -0.502 e. The number of aromatic hydroxyl groups is 1. The Kier molecular flexibility index (Phi) is 5.83. The Labute approximate surface area is 187 Å². The van der Waals surface area contributed by atoms with Gasteiger partial charge in [-0.25, -0.2) is 4.39 Å². The van der Waals surface area contributed by atoms with Crippen LogP contribution in [0.5, 0.6) is 5.75 Å². The lowest BCUT2D eigenvalue weighted by Crippen LogP contribution is -2.60. The van der Waals surface area contributed by atoms with Gasteiger partial charge in [0.2, 0.25) is 5.43 Å². The highest BCUT2D eigenvalue weighted by Crippen LogP contribution is 2.32. The van der Waals surface area contributed by atoms with E-state index in [0.29, 0.717) is 13.0 Å². The highest BCUT2D eigenvalue weighted by Gasteiger charge is 2.45. The summed E-state index contributed by atoms with van der Waals surface area (Å²) >= 11 is 5.76. The predicted octanol–water partition coefficient (Wildman–Crippen LogP) is 1.43. The molecule has 4 rings (SSSR count). The number of fused-ring (bicyclic) bond motifs is 3. The Hall–Kier alpha value is -3.11. The van der Waals surface area contributed by atoms with Gasteiger partial charge in [-0.05, 0) is 18.9 Å². The Morgan fingerprint density at radius 2 is 2.09 bits per heavy atom. The van der Waals surface area contributed by atoms with Gasteiger partial charge in [0.05, 0.1) is 17.7 Å². The number of pyridine rings is 1. The van der Waals surface area contributed by atoms with Crippen LogP contribution >= 0.6 is 11.6 Å². The normalized spacial score (nSPS) is 19.7. The third-order valence-electron chi connectivity index (χ3n) is 5.90. The third-order valence-corrected chi connectivity index (χ3v) is 6.19. The monoisotopic (exact) mass is 464 g/mol. The molecular weight excluding hydrogens is 443 g/mol. The number of methoxy groups -OCH3 is 1. The summed E-state index contributed by atoms with van der Waals surface area (Å²) in [6.07, 6.45) is 2.32. The van der Waals surface area contributed by atoms with Gasteiger partial charge in [-0.3, -0.25) is 24.1 Å². The van der Waals surface area contributed by atoms with Crippen LogP contribution in [0.1, 0.15) is 39.3 Å². The lowest BCUT2D eigenvalue weighted by atomic mass is 10.1. The zero-order valence-electron chi connectivity index (χ0n) is 17.5. The molecule has 1 aromatic heterocycles. The van der Waals surface area contributed by atoms with Crippen LogP contribution in [0.25, 0.3) is 0 Å². The topological polar surface area (TPSA) is 104 Å². The Bertz CT molecular complexity index is 1150. The lowest BCUT2D eigenvalue weighted by Gasteiger charge is -2.43. The molecule has 0 radical (unpaired) electrons. The third kappa shape index (κ3) is 3.49. The van der Waals surface area contributed by atoms with E-state index in [2.05, 4.69) is 5.32 Å². The van der Waals surface area contributed by atoms with Crippen molar-refractivity contribution >= 4 is 23.4 Å². The standard InChI is InChI=1S/C21H22ClFN4O5/c1-25-15-7-6-12(10-32-2)27(15)26-9-13(18(28)19(29)17(26)21(25)31)20(30)24-8-11-4-3-5-14(22)16(11)23/h3-5,9,12,15,29H,6-8,10H2,1-2H3,(H,24,30)/t12-,15?/m0/s1. The minimum atomic E-state index is -0.983. The van der Waals surface area contributed by atoms with Crippen molar-refractivity contribution in [2.45, 2.75) is 31.6 Å². The number of nitrogens with one attached hydrogen (secondary N) is 1. The van der Waals surface area contributed by atoms with Gasteiger partial charge in [0.15, 0.2) is 11.4 Å². The maximum absolute atomic E-state index is 14.1. The molecule has 9 nitrogen and oxygen atoms in total. The van der Waals surface area contributed by atoms with Crippen LogP contribution in [0.3, 0.4) is 0 Å². The fourth-order valence-electron chi connectivity index (χ4n) is 4.28. The summed E-state index contributed by atoms with van der Waals surface area (Å²) in [6, 6.07) is 4.25. The molecule has 2 aliphatic heterocycles. The van der Waals surface area contributed by atoms with Crippen LogP contribution in [0, 0.1) is 5.82 Å². The number of amides is 2. The van der Waals surface area contributed by atoms with Crippen molar-refractivity contribution < 1.29 is 23.8 Å². The fraction of sp³-hybridized carbons (Fsp3) is 0.381. The van der Waals surface area contributed by atoms with E-state index in [1.54, 1.807) is 14.2 Å². The van der Waals surface area contributed by atoms with E-state index in [0.717, 1.165) is 6.42 Å². The highest BCUT2D eigenvalue weighted by atomic mass is 35.5. The SMILES string of the molecule is COC[C@@H]1CCC2N(C)C(=O)c3c(O)c(=O)c(C(=O)NCc4cccc(Cl)c4F)cn3N21. The molecule has 0 bridgehead atoms. The first-order valence-electron chi connectivity index (χ1n) is 10.0. The number of carbonyl (C=O) groups excluding carboxylic acids is 2. The van der Waals surface area contributed by atoms with Crippen LogP contribution in [0.15, 0.2) is 29.2 Å². The van der Waals surface area contributed by atoms with Crippen molar-refractivity contribution in [3.63, 3.8) is 0 Å². The Balaban J connectivity index is 1.71. The second kappa shape index (κ2) is 8.44. The Morgan fingerprint density at radius 3 is 2.81 bits per heavy atom. The van der Waals surface area contributed by atoms with E-state index < -0.39 is 28.8 Å². The minimum absolute atomic E-state index is 0.0878. The Morgan fingerprint density at radius 1 is 1.34 bits per heavy atom. The zero-order chi connectivity index (χ0) is 23.2. The number of nitrogens with zero attached hydrogens (tertiary/aromatic N) is 3. The maximum atomic E-state index is 14.1. The van der Waals surface area contributed by atoms with Crippen LogP contribution in [-0.4, -0.2) is 59.5 Å². The maximum Gasteiger partial charge on any atom is 0.277 e. The van der Waals surface area contributed by atoms with E-state index in [1.165, 1.54) is 34.0 Å². The van der Waals surface area contributed by atoms with E-state index in [4.69, 9.17) is 16.3 Å². The van der Waals surface area contributed by atoms with Gasteiger partial charge in [0.25, 0.3) is 11.8 Å². The van der Waals surface area contributed by atoms with Gasteiger partial charge >= 0.3 is 0 Å². The number of rotatable bonds is 5. The van der Waals surface area contributed by atoms with Crippen molar-refractivity contribution in [3.05, 3.63) is 62.3 Å². The first-order valence-corrected chi connectivity index (χ1v) is 10.4. The first-order chi connectivity index (χ1) is 15.3. The molecule has 2 N–H and O–H groups in total. The summed E-state index contributed by atoms with van der Waals surface area (Å²) in [5.74, 6) is -2.82. The fourth-order valence-corrected chi connectivity index (χ4v) is 4.48. The van der Waals surface area contributed by atoms with Crippen molar-refractivity contribution in [2.24, 2.45) is 0 Å². The number of aromatic nitrogens is 1. The van der Waals surface area contributed by atoms with Crippen LogP contribution in [0.4, 0.5) is 4.39 Å². The van der Waals surface area contributed by atoms with Gasteiger partial charge in [-0.15, -0.1) is 0 Å². The van der Waals surface area contributed by atoms with Crippen LogP contribution < -0.4 is 15.8 Å². The molecule has 1 aromatic carbocycles. The number of halogens is 2. The molecule has 1 unspecified atom stereocenters. The van der Waals surface area contributed by atoms with E-state index in [-0.39, 0.29) is 40.6 Å². The molecular formula is C21H22ClFN4O5. The second-order valence-electron chi connectivity index (χ2n) is 7.77. The van der Waals surface area contributed by atoms with Crippen LogP contribution in [0.2, 0.25) is 5.02 Å². The van der Waals surface area contributed by atoms with E-state index in [1.807, 2.05) is 5.01 Å².